The van der Waals surface area contributed by atoms with Crippen LogP contribution in [0.15, 0.2) is 0 Å². The van der Waals surface area contributed by atoms with Gasteiger partial charge in [0.25, 0.3) is 0 Å². The van der Waals surface area contributed by atoms with E-state index in [4.69, 9.17) is 4.74 Å². The Morgan fingerprint density at radius 2 is 1.79 bits per heavy atom. The molecule has 84 valence electrons. The Kier molecular flexibility index (Phi) is 3.96. The van der Waals surface area contributed by atoms with Crippen LogP contribution in [0, 0.1) is 5.92 Å². The summed E-state index contributed by atoms with van der Waals surface area (Å²) in [5.41, 5.74) is -0.471. The molecule has 0 bridgehead atoms. The second-order valence-electron chi connectivity index (χ2n) is 5.32. The van der Waals surface area contributed by atoms with Crippen LogP contribution in [0.3, 0.4) is 0 Å². The smallest absolute Gasteiger partial charge is 0.0697 e. The van der Waals surface area contributed by atoms with Crippen molar-refractivity contribution in [2.45, 2.75) is 71.2 Å². The lowest BCUT2D eigenvalue weighted by molar-refractivity contribution is -0.135. The van der Waals surface area contributed by atoms with Crippen LogP contribution in [0.25, 0.3) is 0 Å². The van der Waals surface area contributed by atoms with Crippen LogP contribution >= 0.6 is 0 Å². The minimum Gasteiger partial charge on any atom is -0.390 e. The maximum Gasteiger partial charge on any atom is 0.0697 e. The molecule has 2 heteroatoms. The second kappa shape index (κ2) is 4.63. The lowest BCUT2D eigenvalue weighted by atomic mass is 9.82. The molecule has 0 saturated carbocycles. The first-order valence-electron chi connectivity index (χ1n) is 5.79. The van der Waals surface area contributed by atoms with Crippen molar-refractivity contribution in [2.75, 3.05) is 0 Å². The summed E-state index contributed by atoms with van der Waals surface area (Å²) in [4.78, 5) is 0. The van der Waals surface area contributed by atoms with Gasteiger partial charge in [0.05, 0.1) is 17.8 Å². The van der Waals surface area contributed by atoms with E-state index in [1.54, 1.807) is 0 Å². The zero-order valence-electron chi connectivity index (χ0n) is 9.92. The van der Waals surface area contributed by atoms with Crippen LogP contribution in [0.4, 0.5) is 0 Å². The molecule has 1 N–H and O–H groups in total. The third kappa shape index (κ3) is 3.58. The third-order valence-corrected chi connectivity index (χ3v) is 2.99. The molecular weight excluding hydrogens is 176 g/mol. The average Bonchev–Trinajstić information content (AvgIpc) is 1.98. The Morgan fingerprint density at radius 3 is 2.21 bits per heavy atom. The zero-order valence-corrected chi connectivity index (χ0v) is 9.92. The maximum absolute atomic E-state index is 10.4. The summed E-state index contributed by atoms with van der Waals surface area (Å²) in [6.07, 6.45) is 4.03. The average molecular weight is 200 g/mol. The molecule has 0 radical (unpaired) electrons. The fourth-order valence-electron chi connectivity index (χ4n) is 2.41. The lowest BCUT2D eigenvalue weighted by Crippen LogP contribution is -2.43. The molecule has 14 heavy (non-hydrogen) atoms. The standard InChI is InChI=1S/C12H24O2/c1-9(2)5-6-12(13)7-10(3)14-11(4)8-12/h9-11,13H,5-8H2,1-4H3. The highest BCUT2D eigenvalue weighted by atomic mass is 16.5. The molecule has 1 heterocycles. The number of hydrogen-bond acceptors (Lipinski definition) is 2. The first-order valence-corrected chi connectivity index (χ1v) is 5.79. The summed E-state index contributed by atoms with van der Waals surface area (Å²) < 4.78 is 5.63. The highest BCUT2D eigenvalue weighted by Gasteiger charge is 2.36. The van der Waals surface area contributed by atoms with Gasteiger partial charge in [0.15, 0.2) is 0 Å². The summed E-state index contributed by atoms with van der Waals surface area (Å²) in [7, 11) is 0. The van der Waals surface area contributed by atoms with Gasteiger partial charge in [-0.2, -0.15) is 0 Å². The monoisotopic (exact) mass is 200 g/mol. The molecule has 0 amide bonds. The molecule has 0 aromatic heterocycles. The van der Waals surface area contributed by atoms with E-state index in [9.17, 15) is 5.11 Å². The third-order valence-electron chi connectivity index (χ3n) is 2.99. The highest BCUT2D eigenvalue weighted by Crippen LogP contribution is 2.33. The summed E-state index contributed by atoms with van der Waals surface area (Å²) in [6, 6.07) is 0. The Labute approximate surface area is 87.7 Å². The van der Waals surface area contributed by atoms with Crippen molar-refractivity contribution >= 4 is 0 Å². The molecule has 1 fully saturated rings. The molecule has 0 aromatic carbocycles. The number of hydrogen-bond donors (Lipinski definition) is 1. The van der Waals surface area contributed by atoms with E-state index >= 15 is 0 Å². The molecule has 1 saturated heterocycles. The van der Waals surface area contributed by atoms with Gasteiger partial charge >= 0.3 is 0 Å². The van der Waals surface area contributed by atoms with Crippen LogP contribution in [0.2, 0.25) is 0 Å². The summed E-state index contributed by atoms with van der Waals surface area (Å²) in [5.74, 6) is 0.674. The van der Waals surface area contributed by atoms with Crippen LogP contribution in [0.1, 0.15) is 53.4 Å². The predicted octanol–water partition coefficient (Wildman–Crippen LogP) is 2.74. The molecule has 0 aliphatic carbocycles. The second-order valence-corrected chi connectivity index (χ2v) is 5.32. The number of rotatable bonds is 3. The van der Waals surface area contributed by atoms with Gasteiger partial charge in [0.1, 0.15) is 0 Å². The first kappa shape index (κ1) is 12.0. The number of ether oxygens (including phenoxy) is 1. The molecule has 2 atom stereocenters. The molecular formula is C12H24O2. The van der Waals surface area contributed by atoms with E-state index in [-0.39, 0.29) is 12.2 Å². The molecule has 0 spiro atoms. The normalized spacial score (nSPS) is 39.0. The van der Waals surface area contributed by atoms with Gasteiger partial charge in [0, 0.05) is 12.8 Å². The first-order chi connectivity index (χ1) is 6.41. The maximum atomic E-state index is 10.4. The predicted molar refractivity (Wildman–Crippen MR) is 58.3 cm³/mol. The topological polar surface area (TPSA) is 29.5 Å². The highest BCUT2D eigenvalue weighted by molar-refractivity contribution is 4.87. The van der Waals surface area contributed by atoms with E-state index in [1.165, 1.54) is 0 Å². The van der Waals surface area contributed by atoms with Crippen LogP contribution in [0.5, 0.6) is 0 Å². The molecule has 1 aliphatic heterocycles. The van der Waals surface area contributed by atoms with Crippen molar-refractivity contribution in [2.24, 2.45) is 5.92 Å². The molecule has 2 unspecified atom stereocenters. The Morgan fingerprint density at radius 1 is 1.29 bits per heavy atom. The SMILES string of the molecule is CC(C)CCC1(O)CC(C)OC(C)C1. The van der Waals surface area contributed by atoms with E-state index in [0.29, 0.717) is 5.92 Å². The fourth-order valence-corrected chi connectivity index (χ4v) is 2.41. The lowest BCUT2D eigenvalue weighted by Gasteiger charge is -2.39. The Bertz CT molecular complexity index is 167. The van der Waals surface area contributed by atoms with Crippen molar-refractivity contribution in [1.82, 2.24) is 0 Å². The summed E-state index contributed by atoms with van der Waals surface area (Å²) in [6.45, 7) is 8.51. The van der Waals surface area contributed by atoms with Crippen LogP contribution < -0.4 is 0 Å². The van der Waals surface area contributed by atoms with Gasteiger partial charge in [0.2, 0.25) is 0 Å². The minimum absolute atomic E-state index is 0.205. The van der Waals surface area contributed by atoms with Gasteiger partial charge in [-0.3, -0.25) is 0 Å². The van der Waals surface area contributed by atoms with Gasteiger partial charge in [-0.05, 0) is 32.6 Å². The van der Waals surface area contributed by atoms with Gasteiger partial charge in [-0.15, -0.1) is 0 Å². The summed E-state index contributed by atoms with van der Waals surface area (Å²) in [5, 5.41) is 10.4. The van der Waals surface area contributed by atoms with Crippen molar-refractivity contribution in [3.63, 3.8) is 0 Å². The van der Waals surface area contributed by atoms with Gasteiger partial charge in [-0.25, -0.2) is 0 Å². The van der Waals surface area contributed by atoms with E-state index in [1.807, 2.05) is 0 Å². The van der Waals surface area contributed by atoms with Crippen LogP contribution in [-0.2, 0) is 4.74 Å². The zero-order chi connectivity index (χ0) is 10.8. The molecule has 2 nitrogen and oxygen atoms in total. The molecule has 1 aliphatic rings. The number of aliphatic hydroxyl groups is 1. The van der Waals surface area contributed by atoms with Crippen molar-refractivity contribution < 1.29 is 9.84 Å². The quantitative estimate of drug-likeness (QED) is 0.759. The fraction of sp³-hybridized carbons (Fsp3) is 1.00. The van der Waals surface area contributed by atoms with E-state index < -0.39 is 5.60 Å². The van der Waals surface area contributed by atoms with Crippen molar-refractivity contribution in [3.8, 4) is 0 Å². The van der Waals surface area contributed by atoms with Gasteiger partial charge in [-0.1, -0.05) is 13.8 Å². The minimum atomic E-state index is -0.471. The Hall–Kier alpha value is -0.0800. The molecule has 1 rings (SSSR count). The summed E-state index contributed by atoms with van der Waals surface area (Å²) >= 11 is 0. The van der Waals surface area contributed by atoms with Crippen molar-refractivity contribution in [3.05, 3.63) is 0 Å². The van der Waals surface area contributed by atoms with E-state index in [2.05, 4.69) is 27.7 Å². The van der Waals surface area contributed by atoms with Crippen LogP contribution in [-0.4, -0.2) is 22.9 Å². The van der Waals surface area contributed by atoms with E-state index in [0.717, 1.165) is 25.7 Å². The molecule has 0 aromatic rings. The Balaban J connectivity index is 2.46. The van der Waals surface area contributed by atoms with Gasteiger partial charge < -0.3 is 9.84 Å². The van der Waals surface area contributed by atoms with Crippen molar-refractivity contribution in [1.29, 1.82) is 0 Å². The largest absolute Gasteiger partial charge is 0.390 e.